The maximum absolute atomic E-state index is 11.6. The number of aromatic nitrogens is 1. The number of hydrogen-bond donors (Lipinski definition) is 0. The Balaban J connectivity index is 2.08. The van der Waals surface area contributed by atoms with Crippen LogP contribution in [-0.4, -0.2) is 16.6 Å². The molecule has 1 saturated carbocycles. The first-order valence-corrected chi connectivity index (χ1v) is 6.10. The number of carbonyl (C=O) groups excluding carboxylic acids is 2. The van der Waals surface area contributed by atoms with Crippen molar-refractivity contribution >= 4 is 22.3 Å². The van der Waals surface area contributed by atoms with Crippen LogP contribution in [0.5, 0.6) is 0 Å². The zero-order valence-electron chi connectivity index (χ0n) is 9.93. The Bertz CT molecular complexity index is 612. The summed E-state index contributed by atoms with van der Waals surface area (Å²) in [5, 5.41) is 2.15. The third-order valence-corrected chi connectivity index (χ3v) is 3.48. The third kappa shape index (κ3) is 1.92. The average Bonchev–Trinajstić information content (AvgIpc) is 2.37. The van der Waals surface area contributed by atoms with Crippen molar-refractivity contribution in [2.45, 2.75) is 25.2 Å². The van der Waals surface area contributed by atoms with E-state index in [-0.39, 0.29) is 23.9 Å². The van der Waals surface area contributed by atoms with Gasteiger partial charge in [0, 0.05) is 30.6 Å². The summed E-state index contributed by atoms with van der Waals surface area (Å²) in [5.41, 5.74) is 1.02. The zero-order valence-corrected chi connectivity index (χ0v) is 9.93. The monoisotopic (exact) mass is 239 g/mol. The van der Waals surface area contributed by atoms with Crippen LogP contribution in [0.2, 0.25) is 0 Å². The van der Waals surface area contributed by atoms with Crippen LogP contribution in [0.15, 0.2) is 36.7 Å². The summed E-state index contributed by atoms with van der Waals surface area (Å²) in [6.07, 6.45) is 4.63. The van der Waals surface area contributed by atoms with E-state index in [2.05, 4.69) is 4.98 Å². The van der Waals surface area contributed by atoms with E-state index in [0.717, 1.165) is 16.3 Å². The van der Waals surface area contributed by atoms with Crippen LogP contribution in [0.4, 0.5) is 0 Å². The van der Waals surface area contributed by atoms with Crippen LogP contribution >= 0.6 is 0 Å². The summed E-state index contributed by atoms with van der Waals surface area (Å²) in [7, 11) is 0. The zero-order chi connectivity index (χ0) is 12.5. The van der Waals surface area contributed by atoms with Gasteiger partial charge in [0.05, 0.1) is 6.42 Å². The highest BCUT2D eigenvalue weighted by Gasteiger charge is 2.27. The second-order valence-electron chi connectivity index (χ2n) is 4.81. The van der Waals surface area contributed by atoms with Crippen molar-refractivity contribution in [1.29, 1.82) is 0 Å². The summed E-state index contributed by atoms with van der Waals surface area (Å²) >= 11 is 0. The van der Waals surface area contributed by atoms with E-state index in [0.29, 0.717) is 12.8 Å². The summed E-state index contributed by atoms with van der Waals surface area (Å²) in [5.74, 6) is 0.0886. The molecule has 1 fully saturated rings. The number of ketones is 2. The number of nitrogens with zero attached hydrogens (tertiary/aromatic N) is 1. The van der Waals surface area contributed by atoms with Crippen molar-refractivity contribution in [1.82, 2.24) is 4.98 Å². The van der Waals surface area contributed by atoms with Crippen molar-refractivity contribution in [3.8, 4) is 0 Å². The van der Waals surface area contributed by atoms with Gasteiger partial charge in [0.1, 0.15) is 11.6 Å². The summed E-state index contributed by atoms with van der Waals surface area (Å²) < 4.78 is 0. The molecular weight excluding hydrogens is 226 g/mol. The molecule has 0 radical (unpaired) electrons. The van der Waals surface area contributed by atoms with Gasteiger partial charge in [-0.3, -0.25) is 14.6 Å². The predicted octanol–water partition coefficient (Wildman–Crippen LogP) is 2.64. The number of benzene rings is 1. The molecule has 2 aromatic rings. The van der Waals surface area contributed by atoms with Gasteiger partial charge in [-0.2, -0.15) is 0 Å². The van der Waals surface area contributed by atoms with E-state index in [1.54, 1.807) is 6.20 Å². The Kier molecular flexibility index (Phi) is 2.67. The molecule has 0 aliphatic heterocycles. The van der Waals surface area contributed by atoms with Crippen molar-refractivity contribution in [3.63, 3.8) is 0 Å². The molecule has 0 N–H and O–H groups in total. The predicted molar refractivity (Wildman–Crippen MR) is 68.3 cm³/mol. The molecule has 0 bridgehead atoms. The van der Waals surface area contributed by atoms with E-state index < -0.39 is 0 Å². The fraction of sp³-hybridized carbons (Fsp3) is 0.267. The first kappa shape index (κ1) is 11.1. The number of Topliss-reactive ketones (excluding diaryl/α,β-unsaturated/α-hetero) is 2. The highest BCUT2D eigenvalue weighted by Crippen LogP contribution is 2.33. The molecule has 3 nitrogen and oxygen atoms in total. The molecule has 1 aromatic heterocycles. The molecule has 1 heterocycles. The first-order valence-electron chi connectivity index (χ1n) is 6.10. The van der Waals surface area contributed by atoms with Crippen LogP contribution in [0.3, 0.4) is 0 Å². The molecule has 0 atom stereocenters. The number of carbonyl (C=O) groups is 2. The molecule has 3 heteroatoms. The van der Waals surface area contributed by atoms with E-state index in [9.17, 15) is 9.59 Å². The SMILES string of the molecule is O=C1CC(=O)CC(c2cncc3ccccc23)C1. The first-order chi connectivity index (χ1) is 8.74. The Morgan fingerprint density at radius 3 is 2.50 bits per heavy atom. The standard InChI is InChI=1S/C15H13NO2/c17-12-5-11(6-13(18)7-12)15-9-16-8-10-3-1-2-4-14(10)15/h1-4,8-9,11H,5-7H2. The lowest BCUT2D eigenvalue weighted by Crippen LogP contribution is -2.21. The molecule has 0 amide bonds. The smallest absolute Gasteiger partial charge is 0.140 e. The quantitative estimate of drug-likeness (QED) is 0.719. The molecule has 0 unspecified atom stereocenters. The van der Waals surface area contributed by atoms with Crippen LogP contribution < -0.4 is 0 Å². The van der Waals surface area contributed by atoms with Gasteiger partial charge in [-0.1, -0.05) is 24.3 Å². The lowest BCUT2D eigenvalue weighted by Gasteiger charge is -2.21. The van der Waals surface area contributed by atoms with Gasteiger partial charge < -0.3 is 0 Å². The molecule has 18 heavy (non-hydrogen) atoms. The summed E-state index contributed by atoms with van der Waals surface area (Å²) in [6, 6.07) is 7.96. The van der Waals surface area contributed by atoms with Crippen LogP contribution in [0.1, 0.15) is 30.7 Å². The maximum atomic E-state index is 11.6. The lowest BCUT2D eigenvalue weighted by atomic mass is 9.82. The van der Waals surface area contributed by atoms with E-state index in [4.69, 9.17) is 0 Å². The van der Waals surface area contributed by atoms with Crippen LogP contribution in [0, 0.1) is 0 Å². The van der Waals surface area contributed by atoms with Gasteiger partial charge in [-0.15, -0.1) is 0 Å². The molecule has 1 aliphatic carbocycles. The Labute approximate surface area is 105 Å². The third-order valence-electron chi connectivity index (χ3n) is 3.48. The van der Waals surface area contributed by atoms with Crippen LogP contribution in [-0.2, 0) is 9.59 Å². The number of fused-ring (bicyclic) bond motifs is 1. The Morgan fingerprint density at radius 2 is 1.72 bits per heavy atom. The number of pyridine rings is 1. The van der Waals surface area contributed by atoms with E-state index in [1.165, 1.54) is 0 Å². The minimum atomic E-state index is -0.00245. The molecule has 0 saturated heterocycles. The van der Waals surface area contributed by atoms with Crippen LogP contribution in [0.25, 0.3) is 10.8 Å². The van der Waals surface area contributed by atoms with Gasteiger partial charge >= 0.3 is 0 Å². The minimum absolute atomic E-state index is 0.00245. The molecule has 0 spiro atoms. The second-order valence-corrected chi connectivity index (χ2v) is 4.81. The minimum Gasteiger partial charge on any atom is -0.299 e. The highest BCUT2D eigenvalue weighted by atomic mass is 16.1. The Morgan fingerprint density at radius 1 is 1.00 bits per heavy atom. The molecule has 1 aliphatic rings. The van der Waals surface area contributed by atoms with Gasteiger partial charge in [-0.05, 0) is 16.9 Å². The number of hydrogen-bond acceptors (Lipinski definition) is 3. The van der Waals surface area contributed by atoms with E-state index >= 15 is 0 Å². The summed E-state index contributed by atoms with van der Waals surface area (Å²) in [4.78, 5) is 27.3. The fourth-order valence-corrected chi connectivity index (χ4v) is 2.67. The van der Waals surface area contributed by atoms with Crippen molar-refractivity contribution < 1.29 is 9.59 Å². The summed E-state index contributed by atoms with van der Waals surface area (Å²) in [6.45, 7) is 0. The average molecular weight is 239 g/mol. The van der Waals surface area contributed by atoms with Crippen molar-refractivity contribution in [3.05, 3.63) is 42.2 Å². The number of rotatable bonds is 1. The fourth-order valence-electron chi connectivity index (χ4n) is 2.67. The Hall–Kier alpha value is -2.03. The largest absolute Gasteiger partial charge is 0.299 e. The van der Waals surface area contributed by atoms with Crippen molar-refractivity contribution in [2.24, 2.45) is 0 Å². The molecule has 1 aromatic carbocycles. The van der Waals surface area contributed by atoms with Gasteiger partial charge in [0.25, 0.3) is 0 Å². The topological polar surface area (TPSA) is 47.0 Å². The van der Waals surface area contributed by atoms with Crippen molar-refractivity contribution in [2.75, 3.05) is 0 Å². The van der Waals surface area contributed by atoms with E-state index in [1.807, 2.05) is 30.5 Å². The highest BCUT2D eigenvalue weighted by molar-refractivity contribution is 6.02. The van der Waals surface area contributed by atoms with Gasteiger partial charge in [0.15, 0.2) is 0 Å². The molecular formula is C15H13NO2. The van der Waals surface area contributed by atoms with Gasteiger partial charge in [-0.25, -0.2) is 0 Å². The lowest BCUT2D eigenvalue weighted by molar-refractivity contribution is -0.130. The normalized spacial score (nSPS) is 17.3. The molecule has 90 valence electrons. The maximum Gasteiger partial charge on any atom is 0.140 e. The van der Waals surface area contributed by atoms with Gasteiger partial charge in [0.2, 0.25) is 0 Å². The molecule has 3 rings (SSSR count). The second kappa shape index (κ2) is 4.33.